The smallest absolute Gasteiger partial charge is 0.266 e. The summed E-state index contributed by atoms with van der Waals surface area (Å²) in [5.74, 6) is 0.280. The highest BCUT2D eigenvalue weighted by Gasteiger charge is 2.16. The minimum atomic E-state index is -0.423. The number of hydrogen-bond acceptors (Lipinski definition) is 4. The van der Waals surface area contributed by atoms with Gasteiger partial charge in [0.1, 0.15) is 10.6 Å². The summed E-state index contributed by atoms with van der Waals surface area (Å²) in [6.45, 7) is 1.70. The number of halogens is 2. The fraction of sp³-hybridized carbons (Fsp3) is 0.0588. The van der Waals surface area contributed by atoms with Gasteiger partial charge in [0.15, 0.2) is 0 Å². The van der Waals surface area contributed by atoms with Gasteiger partial charge in [-0.1, -0.05) is 35.0 Å². The summed E-state index contributed by atoms with van der Waals surface area (Å²) >= 11 is 13.2. The van der Waals surface area contributed by atoms with Crippen LogP contribution in [0.15, 0.2) is 56.0 Å². The Labute approximate surface area is 157 Å². The largest absolute Gasteiger partial charge is 0.506 e. The fourth-order valence-electron chi connectivity index (χ4n) is 2.32. The molecule has 25 heavy (non-hydrogen) atoms. The third kappa shape index (κ3) is 3.76. The highest BCUT2D eigenvalue weighted by Crippen LogP contribution is 2.39. The van der Waals surface area contributed by atoms with Gasteiger partial charge >= 0.3 is 0 Å². The number of pyridine rings is 1. The molecule has 3 aromatic rings. The lowest BCUT2D eigenvalue weighted by Gasteiger charge is -2.09. The number of fused-ring (bicyclic) bond motifs is 1. The summed E-state index contributed by atoms with van der Waals surface area (Å²) in [4.78, 5) is 20.1. The zero-order valence-electron chi connectivity index (χ0n) is 13.0. The maximum absolute atomic E-state index is 12.3. The van der Waals surface area contributed by atoms with E-state index in [1.54, 1.807) is 37.3 Å². The van der Waals surface area contributed by atoms with Crippen LogP contribution < -0.4 is 11.3 Å². The van der Waals surface area contributed by atoms with Crippen molar-refractivity contribution in [3.8, 4) is 5.75 Å². The molecule has 0 atom stereocenters. The molecule has 0 aliphatic rings. The minimum Gasteiger partial charge on any atom is -0.506 e. The van der Waals surface area contributed by atoms with Crippen LogP contribution in [0.5, 0.6) is 5.75 Å². The lowest BCUT2D eigenvalue weighted by molar-refractivity contribution is 0.467. The first kappa shape index (κ1) is 17.7. The van der Waals surface area contributed by atoms with Crippen LogP contribution in [0.2, 0.25) is 10.0 Å². The van der Waals surface area contributed by atoms with E-state index in [-0.39, 0.29) is 15.7 Å². The second kappa shape index (κ2) is 7.00. The Hall–Kier alpha value is -2.15. The van der Waals surface area contributed by atoms with E-state index in [9.17, 15) is 9.90 Å². The molecule has 8 heteroatoms. The van der Waals surface area contributed by atoms with Crippen LogP contribution in [0, 0.1) is 0 Å². The van der Waals surface area contributed by atoms with E-state index in [0.29, 0.717) is 27.4 Å². The lowest BCUT2D eigenvalue weighted by atomic mass is 10.2. The Bertz CT molecular complexity index is 1040. The van der Waals surface area contributed by atoms with E-state index < -0.39 is 5.56 Å². The standard InChI is InChI=1S/C17H13Cl2N3O2S/c1-8(20)21-10-2-4-11(5-3-10)25-16-15(23)14-12(19)6-9(18)7-13(14)22-17(16)24/h2-7H,1H3,(H2,20,21)(H2,22,23,24). The summed E-state index contributed by atoms with van der Waals surface area (Å²) < 4.78 is 0. The van der Waals surface area contributed by atoms with Gasteiger partial charge in [-0.25, -0.2) is 4.99 Å². The number of benzene rings is 2. The van der Waals surface area contributed by atoms with Crippen LogP contribution in [0.3, 0.4) is 0 Å². The Morgan fingerprint density at radius 3 is 2.56 bits per heavy atom. The first-order valence-electron chi connectivity index (χ1n) is 7.18. The molecule has 0 radical (unpaired) electrons. The average molecular weight is 394 g/mol. The van der Waals surface area contributed by atoms with E-state index >= 15 is 0 Å². The molecule has 1 heterocycles. The Balaban J connectivity index is 2.04. The molecule has 0 aliphatic heterocycles. The van der Waals surface area contributed by atoms with E-state index in [1.807, 2.05) is 0 Å². The molecule has 0 aliphatic carbocycles. The van der Waals surface area contributed by atoms with Crippen molar-refractivity contribution >= 4 is 57.4 Å². The number of aromatic amines is 1. The van der Waals surface area contributed by atoms with Crippen molar-refractivity contribution in [3.63, 3.8) is 0 Å². The first-order chi connectivity index (χ1) is 11.8. The number of aliphatic imine (C=N–C) groups is 1. The second-order valence-corrected chi connectivity index (χ2v) is 7.22. The third-order valence-electron chi connectivity index (χ3n) is 3.32. The molecule has 4 N–H and O–H groups in total. The van der Waals surface area contributed by atoms with Gasteiger partial charge in [0.05, 0.1) is 27.4 Å². The molecule has 0 bridgehead atoms. The van der Waals surface area contributed by atoms with Gasteiger partial charge < -0.3 is 15.8 Å². The van der Waals surface area contributed by atoms with Crippen molar-refractivity contribution in [2.24, 2.45) is 10.7 Å². The van der Waals surface area contributed by atoms with Crippen LogP contribution in [0.25, 0.3) is 10.9 Å². The van der Waals surface area contributed by atoms with Crippen LogP contribution in [0.4, 0.5) is 5.69 Å². The van der Waals surface area contributed by atoms with Crippen LogP contribution in [-0.4, -0.2) is 15.9 Å². The number of aromatic nitrogens is 1. The van der Waals surface area contributed by atoms with E-state index in [0.717, 1.165) is 16.7 Å². The van der Waals surface area contributed by atoms with Gasteiger partial charge in [0.2, 0.25) is 0 Å². The number of rotatable bonds is 3. The van der Waals surface area contributed by atoms with Crippen molar-refractivity contribution in [1.29, 1.82) is 0 Å². The average Bonchev–Trinajstić information content (AvgIpc) is 2.51. The molecule has 0 amide bonds. The van der Waals surface area contributed by atoms with Crippen molar-refractivity contribution in [2.45, 2.75) is 16.7 Å². The van der Waals surface area contributed by atoms with E-state index in [2.05, 4.69) is 9.98 Å². The maximum atomic E-state index is 12.3. The molecule has 2 aromatic carbocycles. The van der Waals surface area contributed by atoms with Crippen LogP contribution in [-0.2, 0) is 0 Å². The summed E-state index contributed by atoms with van der Waals surface area (Å²) in [5.41, 5.74) is 6.21. The van der Waals surface area contributed by atoms with Gasteiger partial charge in [-0.15, -0.1) is 0 Å². The summed E-state index contributed by atoms with van der Waals surface area (Å²) in [6.07, 6.45) is 0. The molecule has 0 unspecified atom stereocenters. The molecule has 3 rings (SSSR count). The van der Waals surface area contributed by atoms with Crippen molar-refractivity contribution < 1.29 is 5.11 Å². The predicted octanol–water partition coefficient (Wildman–Crippen LogP) is 4.70. The molecule has 0 saturated carbocycles. The zero-order chi connectivity index (χ0) is 18.1. The number of nitrogens with zero attached hydrogens (tertiary/aromatic N) is 1. The first-order valence-corrected chi connectivity index (χ1v) is 8.75. The van der Waals surface area contributed by atoms with Crippen molar-refractivity contribution in [3.05, 3.63) is 56.8 Å². The topological polar surface area (TPSA) is 91.5 Å². The van der Waals surface area contributed by atoms with Gasteiger partial charge in [0.25, 0.3) is 5.56 Å². The normalized spacial score (nSPS) is 11.9. The van der Waals surface area contributed by atoms with Crippen LogP contribution in [0.1, 0.15) is 6.92 Å². The third-order valence-corrected chi connectivity index (χ3v) is 4.93. The number of H-pyrrole nitrogens is 1. The molecule has 5 nitrogen and oxygen atoms in total. The van der Waals surface area contributed by atoms with Gasteiger partial charge in [-0.05, 0) is 43.3 Å². The van der Waals surface area contributed by atoms with E-state index in [4.69, 9.17) is 28.9 Å². The summed E-state index contributed by atoms with van der Waals surface area (Å²) in [6, 6.07) is 10.2. The predicted molar refractivity (Wildman–Crippen MR) is 104 cm³/mol. The van der Waals surface area contributed by atoms with E-state index in [1.165, 1.54) is 6.07 Å². The summed E-state index contributed by atoms with van der Waals surface area (Å²) in [7, 11) is 0. The van der Waals surface area contributed by atoms with Gasteiger partial charge in [0, 0.05) is 9.92 Å². The Morgan fingerprint density at radius 1 is 1.24 bits per heavy atom. The van der Waals surface area contributed by atoms with Crippen molar-refractivity contribution in [1.82, 2.24) is 4.98 Å². The number of hydrogen-bond donors (Lipinski definition) is 3. The fourth-order valence-corrected chi connectivity index (χ4v) is 3.75. The SMILES string of the molecule is CC(N)=Nc1ccc(Sc2c(O)c3c(Cl)cc(Cl)cc3[nH]c2=O)cc1. The second-order valence-electron chi connectivity index (χ2n) is 5.29. The quantitative estimate of drug-likeness (QED) is 0.444. The number of amidine groups is 1. The Morgan fingerprint density at radius 2 is 1.92 bits per heavy atom. The summed E-state index contributed by atoms with van der Waals surface area (Å²) in [5, 5.41) is 11.5. The van der Waals surface area contributed by atoms with Crippen molar-refractivity contribution in [2.75, 3.05) is 0 Å². The van der Waals surface area contributed by atoms with Gasteiger partial charge in [-0.2, -0.15) is 0 Å². The molecular weight excluding hydrogens is 381 g/mol. The van der Waals surface area contributed by atoms with Gasteiger partial charge in [-0.3, -0.25) is 4.79 Å². The molecule has 0 saturated heterocycles. The Kier molecular flexibility index (Phi) is 4.94. The van der Waals surface area contributed by atoms with Crippen LogP contribution >= 0.6 is 35.0 Å². The highest BCUT2D eigenvalue weighted by molar-refractivity contribution is 7.99. The monoisotopic (exact) mass is 393 g/mol. The maximum Gasteiger partial charge on any atom is 0.266 e. The zero-order valence-corrected chi connectivity index (χ0v) is 15.3. The number of aromatic hydroxyl groups is 1. The number of nitrogens with one attached hydrogen (secondary N) is 1. The molecule has 1 aromatic heterocycles. The number of nitrogens with two attached hydrogens (primary N) is 1. The molecule has 0 spiro atoms. The lowest BCUT2D eigenvalue weighted by Crippen LogP contribution is -2.08. The molecular formula is C17H13Cl2N3O2S. The minimum absolute atomic E-state index is 0.156. The molecule has 0 fully saturated rings. The molecule has 128 valence electrons. The highest BCUT2D eigenvalue weighted by atomic mass is 35.5.